The molecular weight excluding hydrogens is 503 g/mol. The van der Waals surface area contributed by atoms with Gasteiger partial charge >= 0.3 is 0 Å². The first kappa shape index (κ1) is 25.5. The number of benzene rings is 2. The molecule has 4 aromatic heterocycles. The molecule has 0 unspecified atom stereocenters. The normalized spacial score (nSPS) is 11.6. The van der Waals surface area contributed by atoms with Crippen LogP contribution in [-0.4, -0.2) is 71.3 Å². The van der Waals surface area contributed by atoms with E-state index in [0.717, 1.165) is 80.0 Å². The molecule has 3 N–H and O–H groups in total. The van der Waals surface area contributed by atoms with Gasteiger partial charge in [0.1, 0.15) is 11.5 Å². The summed E-state index contributed by atoms with van der Waals surface area (Å²) in [6, 6.07) is 17.3. The van der Waals surface area contributed by atoms with E-state index in [1.807, 2.05) is 75.8 Å². The van der Waals surface area contributed by atoms with Crippen molar-refractivity contribution in [2.75, 3.05) is 51.5 Å². The summed E-state index contributed by atoms with van der Waals surface area (Å²) in [7, 11) is 8.01. The number of nitrogens with one attached hydrogen (secondary N) is 3. The van der Waals surface area contributed by atoms with E-state index in [9.17, 15) is 4.39 Å². The van der Waals surface area contributed by atoms with Gasteiger partial charge in [0, 0.05) is 60.9 Å². The van der Waals surface area contributed by atoms with Gasteiger partial charge in [-0.05, 0) is 67.7 Å². The van der Waals surface area contributed by atoms with E-state index >= 15 is 0 Å². The molecule has 0 aliphatic rings. The number of rotatable bonds is 8. The lowest BCUT2D eigenvalue weighted by Crippen LogP contribution is -2.20. The SMILES string of the molecule is CN(C)CCNc1cc(F)cc(-c2cccc3[nH]c(-c4n[nH]c5cnc(-c6cncc(N(C)C)c6)cc45)cc23)c1. The average Bonchev–Trinajstić information content (AvgIpc) is 3.56. The second kappa shape index (κ2) is 10.4. The minimum Gasteiger partial charge on any atom is -0.384 e. The molecule has 0 atom stereocenters. The highest BCUT2D eigenvalue weighted by atomic mass is 19.1. The highest BCUT2D eigenvalue weighted by Crippen LogP contribution is 2.36. The molecule has 0 saturated heterocycles. The molecule has 8 nitrogen and oxygen atoms in total. The van der Waals surface area contributed by atoms with Gasteiger partial charge in [0.25, 0.3) is 0 Å². The van der Waals surface area contributed by atoms with Gasteiger partial charge in [-0.3, -0.25) is 15.1 Å². The number of H-pyrrole nitrogens is 2. The minimum atomic E-state index is -0.274. The van der Waals surface area contributed by atoms with Crippen LogP contribution in [0.15, 0.2) is 73.2 Å². The Kier molecular flexibility index (Phi) is 6.65. The molecule has 0 aliphatic heterocycles. The number of likely N-dealkylation sites (N-methyl/N-ethyl adjacent to an activating group) is 1. The van der Waals surface area contributed by atoms with Crippen LogP contribution < -0.4 is 10.2 Å². The second-order valence-electron chi connectivity index (χ2n) is 10.4. The van der Waals surface area contributed by atoms with E-state index in [2.05, 4.69) is 47.5 Å². The molecule has 0 saturated carbocycles. The predicted octanol–water partition coefficient (Wildman–Crippen LogP) is 6.01. The molecule has 0 fully saturated rings. The first-order valence-corrected chi connectivity index (χ1v) is 13.1. The van der Waals surface area contributed by atoms with Crippen LogP contribution in [0.3, 0.4) is 0 Å². The molecule has 4 heterocycles. The summed E-state index contributed by atoms with van der Waals surface area (Å²) >= 11 is 0. The third-order valence-corrected chi connectivity index (χ3v) is 7.00. The van der Waals surface area contributed by atoms with Crippen LogP contribution in [0.5, 0.6) is 0 Å². The molecule has 6 aromatic rings. The van der Waals surface area contributed by atoms with E-state index in [1.165, 1.54) is 6.07 Å². The number of halogens is 1. The Balaban J connectivity index is 1.39. The van der Waals surface area contributed by atoms with Crippen molar-refractivity contribution in [2.45, 2.75) is 0 Å². The summed E-state index contributed by atoms with van der Waals surface area (Å²) in [6.07, 6.45) is 5.45. The highest BCUT2D eigenvalue weighted by Gasteiger charge is 2.16. The maximum absolute atomic E-state index is 14.7. The topological polar surface area (TPSA) is 88.8 Å². The van der Waals surface area contributed by atoms with E-state index < -0.39 is 0 Å². The Hall–Kier alpha value is -4.76. The Labute approximate surface area is 231 Å². The van der Waals surface area contributed by atoms with Crippen molar-refractivity contribution in [3.63, 3.8) is 0 Å². The van der Waals surface area contributed by atoms with Crippen molar-refractivity contribution >= 4 is 33.2 Å². The molecule has 0 radical (unpaired) electrons. The maximum Gasteiger partial charge on any atom is 0.125 e. The molecule has 2 aromatic carbocycles. The third kappa shape index (κ3) is 4.99. The number of fused-ring (bicyclic) bond motifs is 2. The van der Waals surface area contributed by atoms with Crippen LogP contribution in [0.2, 0.25) is 0 Å². The number of aromatic amines is 2. The molecule has 0 aliphatic carbocycles. The zero-order valence-electron chi connectivity index (χ0n) is 23.0. The molecule has 0 spiro atoms. The van der Waals surface area contributed by atoms with Gasteiger partial charge in [-0.25, -0.2) is 4.39 Å². The quantitative estimate of drug-likeness (QED) is 0.222. The molecule has 40 heavy (non-hydrogen) atoms. The van der Waals surface area contributed by atoms with Crippen molar-refractivity contribution in [3.8, 4) is 33.8 Å². The summed E-state index contributed by atoms with van der Waals surface area (Å²) in [5, 5.41) is 13.0. The zero-order valence-corrected chi connectivity index (χ0v) is 23.0. The van der Waals surface area contributed by atoms with E-state index in [0.29, 0.717) is 0 Å². The van der Waals surface area contributed by atoms with Crippen molar-refractivity contribution in [1.29, 1.82) is 0 Å². The van der Waals surface area contributed by atoms with Gasteiger partial charge in [0.05, 0.1) is 35.0 Å². The summed E-state index contributed by atoms with van der Waals surface area (Å²) in [4.78, 5) is 16.7. The molecule has 6 rings (SSSR count). The number of anilines is 2. The number of pyridine rings is 2. The molecule has 202 valence electrons. The van der Waals surface area contributed by atoms with Gasteiger partial charge in [-0.1, -0.05) is 12.1 Å². The van der Waals surface area contributed by atoms with Crippen molar-refractivity contribution in [1.82, 2.24) is 30.0 Å². The summed E-state index contributed by atoms with van der Waals surface area (Å²) in [5.74, 6) is -0.274. The van der Waals surface area contributed by atoms with E-state index in [4.69, 9.17) is 0 Å². The lowest BCUT2D eigenvalue weighted by Gasteiger charge is -2.13. The zero-order chi connectivity index (χ0) is 27.8. The second-order valence-corrected chi connectivity index (χ2v) is 10.4. The number of hydrogen-bond acceptors (Lipinski definition) is 6. The Morgan fingerprint density at radius 3 is 2.58 bits per heavy atom. The maximum atomic E-state index is 14.7. The van der Waals surface area contributed by atoms with Crippen LogP contribution >= 0.6 is 0 Å². The highest BCUT2D eigenvalue weighted by molar-refractivity contribution is 6.01. The summed E-state index contributed by atoms with van der Waals surface area (Å²) in [5.41, 5.74) is 8.73. The van der Waals surface area contributed by atoms with Crippen molar-refractivity contribution in [2.24, 2.45) is 0 Å². The average molecular weight is 535 g/mol. The number of nitrogens with zero attached hydrogens (tertiary/aromatic N) is 5. The van der Waals surface area contributed by atoms with Gasteiger partial charge < -0.3 is 20.1 Å². The number of aromatic nitrogens is 5. The molecular formula is C31H31FN8. The third-order valence-electron chi connectivity index (χ3n) is 7.00. The van der Waals surface area contributed by atoms with Gasteiger partial charge in [0.15, 0.2) is 0 Å². The lowest BCUT2D eigenvalue weighted by molar-refractivity contribution is 0.425. The van der Waals surface area contributed by atoms with Crippen molar-refractivity contribution < 1.29 is 4.39 Å². The summed E-state index contributed by atoms with van der Waals surface area (Å²) < 4.78 is 14.7. The predicted molar refractivity (Wildman–Crippen MR) is 161 cm³/mol. The fourth-order valence-electron chi connectivity index (χ4n) is 4.90. The van der Waals surface area contributed by atoms with Crippen LogP contribution in [0, 0.1) is 5.82 Å². The fraction of sp³-hybridized carbons (Fsp3) is 0.194. The molecule has 9 heteroatoms. The summed E-state index contributed by atoms with van der Waals surface area (Å²) in [6.45, 7) is 1.59. The lowest BCUT2D eigenvalue weighted by atomic mass is 10.0. The molecule has 0 amide bonds. The van der Waals surface area contributed by atoms with E-state index in [-0.39, 0.29) is 5.82 Å². The van der Waals surface area contributed by atoms with Crippen LogP contribution in [-0.2, 0) is 0 Å². The van der Waals surface area contributed by atoms with Crippen LogP contribution in [0.4, 0.5) is 15.8 Å². The minimum absolute atomic E-state index is 0.274. The van der Waals surface area contributed by atoms with E-state index in [1.54, 1.807) is 12.3 Å². The Morgan fingerprint density at radius 1 is 0.875 bits per heavy atom. The fourth-order valence-corrected chi connectivity index (χ4v) is 4.90. The van der Waals surface area contributed by atoms with Gasteiger partial charge in [-0.2, -0.15) is 5.10 Å². The molecule has 0 bridgehead atoms. The first-order chi connectivity index (χ1) is 19.4. The van der Waals surface area contributed by atoms with Gasteiger partial charge in [0.2, 0.25) is 0 Å². The van der Waals surface area contributed by atoms with Crippen LogP contribution in [0.1, 0.15) is 0 Å². The largest absolute Gasteiger partial charge is 0.384 e. The van der Waals surface area contributed by atoms with Crippen LogP contribution in [0.25, 0.3) is 55.6 Å². The monoisotopic (exact) mass is 534 g/mol. The number of hydrogen-bond donors (Lipinski definition) is 3. The standard InChI is InChI=1S/C31H31FN8/c1-39(2)9-8-34-22-11-19(10-21(32)13-22)24-6-5-7-27-25(24)14-29(36-27)31-26-15-28(35-18-30(26)37-38-31)20-12-23(40(3)4)17-33-16-20/h5-7,10-18,34,36H,8-9H2,1-4H3,(H,37,38). The Bertz CT molecular complexity index is 1820. The first-order valence-electron chi connectivity index (χ1n) is 13.1. The van der Waals surface area contributed by atoms with Crippen molar-refractivity contribution in [3.05, 3.63) is 79.0 Å². The van der Waals surface area contributed by atoms with Gasteiger partial charge in [-0.15, -0.1) is 0 Å². The Morgan fingerprint density at radius 2 is 1.75 bits per heavy atom. The smallest absolute Gasteiger partial charge is 0.125 e.